The highest BCUT2D eigenvalue weighted by molar-refractivity contribution is 9.10. The van der Waals surface area contributed by atoms with Crippen LogP contribution >= 0.6 is 15.9 Å². The number of nitrogens with zero attached hydrogens (tertiary/aromatic N) is 3. The first-order valence-corrected chi connectivity index (χ1v) is 5.47. The van der Waals surface area contributed by atoms with E-state index in [0.29, 0.717) is 0 Å². The Bertz CT molecular complexity index is 374. The maximum absolute atomic E-state index is 11.7. The van der Waals surface area contributed by atoms with E-state index >= 15 is 0 Å². The molecule has 14 heavy (non-hydrogen) atoms. The number of anilines is 1. The summed E-state index contributed by atoms with van der Waals surface area (Å²) in [6.45, 7) is 2.70. The molecule has 0 aliphatic carbocycles. The van der Waals surface area contributed by atoms with E-state index in [-0.39, 0.29) is 10.7 Å². The monoisotopic (exact) mass is 257 g/mol. The van der Waals surface area contributed by atoms with Crippen molar-refractivity contribution < 1.29 is 4.79 Å². The number of hydrogen-bond donors (Lipinski definition) is 0. The zero-order chi connectivity index (χ0) is 10.3. The third-order valence-electron chi connectivity index (χ3n) is 2.39. The Morgan fingerprint density at radius 2 is 2.36 bits per heavy atom. The van der Waals surface area contributed by atoms with Crippen LogP contribution in [0.5, 0.6) is 0 Å². The molecule has 1 saturated heterocycles. The smallest absolute Gasteiger partial charge is 0.241 e. The highest BCUT2D eigenvalue weighted by Crippen LogP contribution is 2.25. The van der Waals surface area contributed by atoms with Gasteiger partial charge in [0.25, 0.3) is 0 Å². The number of alkyl halides is 1. The Hall–Kier alpha value is -0.840. The first-order chi connectivity index (χ1) is 6.59. The minimum Gasteiger partial charge on any atom is -0.296 e. The minimum atomic E-state index is -0.0299. The lowest BCUT2D eigenvalue weighted by Gasteiger charge is -2.15. The van der Waals surface area contributed by atoms with Gasteiger partial charge < -0.3 is 0 Å². The van der Waals surface area contributed by atoms with Crippen molar-refractivity contribution in [3.63, 3.8) is 0 Å². The summed E-state index contributed by atoms with van der Waals surface area (Å²) >= 11 is 3.35. The van der Waals surface area contributed by atoms with Gasteiger partial charge >= 0.3 is 0 Å². The highest BCUT2D eigenvalue weighted by Gasteiger charge is 2.31. The van der Waals surface area contributed by atoms with Crippen molar-refractivity contribution in [1.29, 1.82) is 0 Å². The summed E-state index contributed by atoms with van der Waals surface area (Å²) in [6, 6.07) is 1.93. The van der Waals surface area contributed by atoms with Gasteiger partial charge in [-0.2, -0.15) is 5.10 Å². The Labute approximate surface area is 91.0 Å². The molecule has 0 radical (unpaired) electrons. The molecule has 1 amide bonds. The molecule has 2 heterocycles. The molecule has 2 rings (SSSR count). The van der Waals surface area contributed by atoms with Gasteiger partial charge in [0.1, 0.15) is 5.82 Å². The van der Waals surface area contributed by atoms with E-state index in [1.165, 1.54) is 0 Å². The van der Waals surface area contributed by atoms with Crippen molar-refractivity contribution >= 4 is 27.7 Å². The van der Waals surface area contributed by atoms with Crippen molar-refractivity contribution in [3.05, 3.63) is 11.8 Å². The van der Waals surface area contributed by atoms with Crippen LogP contribution in [0.4, 0.5) is 5.82 Å². The zero-order valence-corrected chi connectivity index (χ0v) is 9.78. The van der Waals surface area contributed by atoms with Crippen LogP contribution in [0, 0.1) is 6.92 Å². The molecule has 4 nitrogen and oxygen atoms in total. The summed E-state index contributed by atoms with van der Waals surface area (Å²) in [5, 5.41) is 4.22. The predicted molar refractivity (Wildman–Crippen MR) is 57.6 cm³/mol. The molecular weight excluding hydrogens is 246 g/mol. The third-order valence-corrected chi connectivity index (χ3v) is 3.24. The molecule has 76 valence electrons. The zero-order valence-electron chi connectivity index (χ0n) is 8.20. The quantitative estimate of drug-likeness (QED) is 0.710. The second-order valence-corrected chi connectivity index (χ2v) is 4.62. The summed E-state index contributed by atoms with van der Waals surface area (Å²) in [6.07, 6.45) is 0.864. The lowest BCUT2D eigenvalue weighted by atomic mass is 10.4. The van der Waals surface area contributed by atoms with Gasteiger partial charge in [0.15, 0.2) is 0 Å². The molecule has 5 heteroatoms. The first kappa shape index (κ1) is 9.71. The van der Waals surface area contributed by atoms with Gasteiger partial charge in [0, 0.05) is 19.7 Å². The van der Waals surface area contributed by atoms with Crippen LogP contribution in [0.25, 0.3) is 0 Å². The van der Waals surface area contributed by atoms with E-state index in [2.05, 4.69) is 21.0 Å². The molecular formula is C9H12BrN3O. The number of carbonyl (C=O) groups is 1. The molecule has 1 aliphatic heterocycles. The van der Waals surface area contributed by atoms with E-state index in [4.69, 9.17) is 0 Å². The summed E-state index contributed by atoms with van der Waals surface area (Å²) in [7, 11) is 1.86. The number of hydrogen-bond acceptors (Lipinski definition) is 2. The van der Waals surface area contributed by atoms with Gasteiger partial charge in [-0.05, 0) is 13.3 Å². The minimum absolute atomic E-state index is 0.0299. The molecule has 0 spiro atoms. The number of carbonyl (C=O) groups excluding carboxylic acids is 1. The van der Waals surface area contributed by atoms with Crippen molar-refractivity contribution in [2.45, 2.75) is 18.2 Å². The standard InChI is InChI=1S/C9H12BrN3O/c1-6-5-8(12(2)11-6)13-4-3-7(10)9(13)14/h5,7H,3-4H2,1-2H3/t7-/m1/s1. The van der Waals surface area contributed by atoms with Gasteiger partial charge in [-0.3, -0.25) is 14.4 Å². The van der Waals surface area contributed by atoms with Gasteiger partial charge in [0.2, 0.25) is 5.91 Å². The number of amides is 1. The van der Waals surface area contributed by atoms with Crippen molar-refractivity contribution in [2.75, 3.05) is 11.4 Å². The fourth-order valence-corrected chi connectivity index (χ4v) is 2.17. The van der Waals surface area contributed by atoms with Gasteiger partial charge in [-0.15, -0.1) is 0 Å². The van der Waals surface area contributed by atoms with E-state index in [1.807, 2.05) is 20.0 Å². The van der Waals surface area contributed by atoms with Gasteiger partial charge in [0.05, 0.1) is 10.5 Å². The van der Waals surface area contributed by atoms with Crippen LogP contribution in [0.3, 0.4) is 0 Å². The molecule has 1 atom stereocenters. The second kappa shape index (κ2) is 3.38. The maximum atomic E-state index is 11.7. The summed E-state index contributed by atoms with van der Waals surface area (Å²) < 4.78 is 1.75. The molecule has 0 aromatic carbocycles. The Morgan fingerprint density at radius 1 is 1.64 bits per heavy atom. The summed E-state index contributed by atoms with van der Waals surface area (Å²) in [5.74, 6) is 1.02. The van der Waals surface area contributed by atoms with Crippen molar-refractivity contribution in [1.82, 2.24) is 9.78 Å². The normalized spacial score (nSPS) is 22.1. The van der Waals surface area contributed by atoms with Crippen LogP contribution in [0.15, 0.2) is 6.07 Å². The van der Waals surface area contributed by atoms with E-state index in [9.17, 15) is 4.79 Å². The molecule has 0 N–H and O–H groups in total. The lowest BCUT2D eigenvalue weighted by Crippen LogP contribution is -2.28. The van der Waals surface area contributed by atoms with Crippen LogP contribution < -0.4 is 4.90 Å². The topological polar surface area (TPSA) is 38.1 Å². The van der Waals surface area contributed by atoms with Gasteiger partial charge in [-0.1, -0.05) is 15.9 Å². The molecule has 1 aliphatic rings. The van der Waals surface area contributed by atoms with Crippen LogP contribution in [-0.2, 0) is 11.8 Å². The Morgan fingerprint density at radius 3 is 2.79 bits per heavy atom. The van der Waals surface area contributed by atoms with Crippen molar-refractivity contribution in [2.24, 2.45) is 7.05 Å². The SMILES string of the molecule is Cc1cc(N2CC[C@@H](Br)C2=O)n(C)n1. The van der Waals surface area contributed by atoms with E-state index in [1.54, 1.807) is 9.58 Å². The number of halogens is 1. The van der Waals surface area contributed by atoms with Crippen LogP contribution in [0.1, 0.15) is 12.1 Å². The number of rotatable bonds is 1. The summed E-state index contributed by atoms with van der Waals surface area (Å²) in [4.78, 5) is 13.5. The first-order valence-electron chi connectivity index (χ1n) is 4.55. The highest BCUT2D eigenvalue weighted by atomic mass is 79.9. The average Bonchev–Trinajstić information content (AvgIpc) is 2.59. The number of aromatic nitrogens is 2. The lowest BCUT2D eigenvalue weighted by molar-refractivity contribution is -0.116. The third kappa shape index (κ3) is 1.45. The second-order valence-electron chi connectivity index (χ2n) is 3.51. The van der Waals surface area contributed by atoms with Crippen LogP contribution in [0.2, 0.25) is 0 Å². The number of aryl methyl sites for hydroxylation is 2. The van der Waals surface area contributed by atoms with Crippen molar-refractivity contribution in [3.8, 4) is 0 Å². The molecule has 0 saturated carbocycles. The van der Waals surface area contributed by atoms with Crippen LogP contribution in [-0.4, -0.2) is 27.1 Å². The fraction of sp³-hybridized carbons (Fsp3) is 0.556. The molecule has 1 aromatic rings. The molecule has 0 unspecified atom stereocenters. The van der Waals surface area contributed by atoms with E-state index < -0.39 is 0 Å². The largest absolute Gasteiger partial charge is 0.296 e. The maximum Gasteiger partial charge on any atom is 0.241 e. The van der Waals surface area contributed by atoms with E-state index in [0.717, 1.165) is 24.5 Å². The Kier molecular flexibility index (Phi) is 2.34. The van der Waals surface area contributed by atoms with Gasteiger partial charge in [-0.25, -0.2) is 0 Å². The predicted octanol–water partition coefficient (Wildman–Crippen LogP) is 1.23. The Balaban J connectivity index is 2.32. The fourth-order valence-electron chi connectivity index (χ4n) is 1.72. The average molecular weight is 258 g/mol. The summed E-state index contributed by atoms with van der Waals surface area (Å²) in [5.41, 5.74) is 0.938. The molecule has 0 bridgehead atoms. The molecule has 1 fully saturated rings. The molecule has 1 aromatic heterocycles.